The van der Waals surface area contributed by atoms with Gasteiger partial charge >= 0.3 is 0 Å². The maximum absolute atomic E-state index is 11.7. The zero-order valence-electron chi connectivity index (χ0n) is 10.4. The number of carbonyl (C=O) groups excluding carboxylic acids is 1. The molecule has 0 saturated carbocycles. The fraction of sp³-hybridized carbons (Fsp3) is 0.357. The monoisotopic (exact) mass is 325 g/mol. The third-order valence-electron chi connectivity index (χ3n) is 2.99. The third-order valence-corrected chi connectivity index (χ3v) is 3.72. The molecule has 1 fully saturated rings. The third kappa shape index (κ3) is 4.16. The summed E-state index contributed by atoms with van der Waals surface area (Å²) in [7, 11) is 0. The Bertz CT molecular complexity index is 481. The SMILES string of the molecule is O=C(/C=C/c1ccccc1Br)NCC1(O)CCOC1. The Morgan fingerprint density at radius 3 is 3.00 bits per heavy atom. The lowest BCUT2D eigenvalue weighted by molar-refractivity contribution is -0.117. The first-order valence-electron chi connectivity index (χ1n) is 6.10. The van der Waals surface area contributed by atoms with E-state index in [9.17, 15) is 9.90 Å². The summed E-state index contributed by atoms with van der Waals surface area (Å²) in [6.45, 7) is 1.03. The molecule has 1 aliphatic heterocycles. The van der Waals surface area contributed by atoms with Crippen molar-refractivity contribution >= 4 is 27.9 Å². The molecule has 102 valence electrons. The summed E-state index contributed by atoms with van der Waals surface area (Å²) in [5.74, 6) is -0.226. The number of nitrogens with one attached hydrogen (secondary N) is 1. The number of rotatable bonds is 4. The fourth-order valence-electron chi connectivity index (χ4n) is 1.82. The highest BCUT2D eigenvalue weighted by Crippen LogP contribution is 2.18. The van der Waals surface area contributed by atoms with Crippen LogP contribution in [0, 0.1) is 0 Å². The summed E-state index contributed by atoms with van der Waals surface area (Å²) in [4.78, 5) is 11.7. The van der Waals surface area contributed by atoms with Crippen LogP contribution in [0.25, 0.3) is 6.08 Å². The molecule has 1 saturated heterocycles. The normalized spacial score (nSPS) is 22.8. The van der Waals surface area contributed by atoms with Crippen molar-refractivity contribution in [3.8, 4) is 0 Å². The van der Waals surface area contributed by atoms with Crippen LogP contribution in [0.1, 0.15) is 12.0 Å². The van der Waals surface area contributed by atoms with Crippen LogP contribution in [0.2, 0.25) is 0 Å². The van der Waals surface area contributed by atoms with Crippen LogP contribution >= 0.6 is 15.9 Å². The van der Waals surface area contributed by atoms with E-state index in [0.29, 0.717) is 13.0 Å². The molecule has 0 aliphatic carbocycles. The van der Waals surface area contributed by atoms with Crippen LogP contribution in [0.5, 0.6) is 0 Å². The van der Waals surface area contributed by atoms with Gasteiger partial charge in [0.25, 0.3) is 0 Å². The van der Waals surface area contributed by atoms with E-state index in [1.165, 1.54) is 6.08 Å². The van der Waals surface area contributed by atoms with Gasteiger partial charge in [0.1, 0.15) is 5.60 Å². The van der Waals surface area contributed by atoms with Gasteiger partial charge in [-0.2, -0.15) is 0 Å². The molecular weight excluding hydrogens is 310 g/mol. The lowest BCUT2D eigenvalue weighted by atomic mass is 10.0. The lowest BCUT2D eigenvalue weighted by Gasteiger charge is -2.19. The Morgan fingerprint density at radius 2 is 2.32 bits per heavy atom. The van der Waals surface area contributed by atoms with Gasteiger partial charge in [-0.15, -0.1) is 0 Å². The molecule has 5 heteroatoms. The molecule has 0 aromatic heterocycles. The van der Waals surface area contributed by atoms with Crippen LogP contribution in [-0.2, 0) is 9.53 Å². The molecule has 0 radical (unpaired) electrons. The number of amides is 1. The highest BCUT2D eigenvalue weighted by Gasteiger charge is 2.32. The highest BCUT2D eigenvalue weighted by molar-refractivity contribution is 9.10. The van der Waals surface area contributed by atoms with E-state index >= 15 is 0 Å². The van der Waals surface area contributed by atoms with E-state index < -0.39 is 5.60 Å². The summed E-state index contributed by atoms with van der Waals surface area (Å²) >= 11 is 3.41. The minimum Gasteiger partial charge on any atom is -0.386 e. The number of ether oxygens (including phenoxy) is 1. The summed E-state index contributed by atoms with van der Waals surface area (Å²) in [5, 5.41) is 12.7. The molecule has 1 atom stereocenters. The van der Waals surface area contributed by atoms with Crippen molar-refractivity contribution in [3.05, 3.63) is 40.4 Å². The molecule has 0 bridgehead atoms. The number of halogens is 1. The van der Waals surface area contributed by atoms with Crippen molar-refractivity contribution in [1.29, 1.82) is 0 Å². The average Bonchev–Trinajstić information content (AvgIpc) is 2.83. The van der Waals surface area contributed by atoms with Gasteiger partial charge in [0.15, 0.2) is 0 Å². The van der Waals surface area contributed by atoms with Crippen molar-refractivity contribution in [2.45, 2.75) is 12.0 Å². The topological polar surface area (TPSA) is 58.6 Å². The standard InChI is InChI=1S/C14H16BrNO3/c15-12-4-2-1-3-11(12)5-6-13(17)16-9-14(18)7-8-19-10-14/h1-6,18H,7-10H2,(H,16,17)/b6-5+. The first-order chi connectivity index (χ1) is 9.09. The summed E-state index contributed by atoms with van der Waals surface area (Å²) in [5.41, 5.74) is 0.0113. The van der Waals surface area contributed by atoms with Crippen molar-refractivity contribution in [1.82, 2.24) is 5.32 Å². The van der Waals surface area contributed by atoms with Gasteiger partial charge in [-0.1, -0.05) is 34.1 Å². The fourth-order valence-corrected chi connectivity index (χ4v) is 2.24. The number of aliphatic hydroxyl groups is 1. The van der Waals surface area contributed by atoms with Crippen molar-refractivity contribution < 1.29 is 14.6 Å². The zero-order chi connectivity index (χ0) is 13.7. The Morgan fingerprint density at radius 1 is 1.53 bits per heavy atom. The summed E-state index contributed by atoms with van der Waals surface area (Å²) < 4.78 is 6.04. The first-order valence-corrected chi connectivity index (χ1v) is 6.89. The quantitative estimate of drug-likeness (QED) is 0.829. The zero-order valence-corrected chi connectivity index (χ0v) is 12.0. The Balaban J connectivity index is 1.86. The van der Waals surface area contributed by atoms with E-state index in [4.69, 9.17) is 4.74 Å². The van der Waals surface area contributed by atoms with Crippen LogP contribution in [0.4, 0.5) is 0 Å². The number of hydrogen-bond acceptors (Lipinski definition) is 3. The molecule has 19 heavy (non-hydrogen) atoms. The molecule has 1 aliphatic rings. The molecule has 2 rings (SSSR count). The number of benzene rings is 1. The lowest BCUT2D eigenvalue weighted by Crippen LogP contribution is -2.42. The summed E-state index contributed by atoms with van der Waals surface area (Å²) in [6.07, 6.45) is 3.75. The van der Waals surface area contributed by atoms with Crippen molar-refractivity contribution in [3.63, 3.8) is 0 Å². The molecule has 4 nitrogen and oxygen atoms in total. The second-order valence-corrected chi connectivity index (χ2v) is 5.45. The van der Waals surface area contributed by atoms with E-state index in [-0.39, 0.29) is 19.1 Å². The Kier molecular flexibility index (Phi) is 4.74. The smallest absolute Gasteiger partial charge is 0.244 e. The largest absolute Gasteiger partial charge is 0.386 e. The van der Waals surface area contributed by atoms with Crippen molar-refractivity contribution in [2.24, 2.45) is 0 Å². The molecule has 1 heterocycles. The van der Waals surface area contributed by atoms with Crippen LogP contribution in [0.3, 0.4) is 0 Å². The molecule has 1 aromatic rings. The van der Waals surface area contributed by atoms with E-state index in [2.05, 4.69) is 21.2 Å². The second kappa shape index (κ2) is 6.32. The van der Waals surface area contributed by atoms with E-state index in [0.717, 1.165) is 10.0 Å². The first kappa shape index (κ1) is 14.2. The van der Waals surface area contributed by atoms with Gasteiger partial charge in [-0.25, -0.2) is 0 Å². The molecular formula is C14H16BrNO3. The van der Waals surface area contributed by atoms with Gasteiger partial charge in [0.2, 0.25) is 5.91 Å². The predicted molar refractivity (Wildman–Crippen MR) is 76.6 cm³/mol. The molecule has 1 unspecified atom stereocenters. The van der Waals surface area contributed by atoms with Crippen LogP contribution in [0.15, 0.2) is 34.8 Å². The Labute approximate surface area is 120 Å². The van der Waals surface area contributed by atoms with Gasteiger partial charge in [-0.3, -0.25) is 4.79 Å². The maximum atomic E-state index is 11.7. The molecule has 1 aromatic carbocycles. The summed E-state index contributed by atoms with van der Waals surface area (Å²) in [6, 6.07) is 7.64. The Hall–Kier alpha value is -1.17. The van der Waals surface area contributed by atoms with Gasteiger partial charge in [-0.05, 0) is 17.7 Å². The minimum atomic E-state index is -0.920. The highest BCUT2D eigenvalue weighted by atomic mass is 79.9. The predicted octanol–water partition coefficient (Wildman–Crippen LogP) is 1.73. The van der Waals surface area contributed by atoms with Crippen LogP contribution < -0.4 is 5.32 Å². The minimum absolute atomic E-state index is 0.214. The van der Waals surface area contributed by atoms with Gasteiger partial charge < -0.3 is 15.2 Å². The van der Waals surface area contributed by atoms with Crippen LogP contribution in [-0.4, -0.2) is 36.4 Å². The number of hydrogen-bond donors (Lipinski definition) is 2. The maximum Gasteiger partial charge on any atom is 0.244 e. The van der Waals surface area contributed by atoms with E-state index in [1.54, 1.807) is 6.08 Å². The van der Waals surface area contributed by atoms with Gasteiger partial charge in [0.05, 0.1) is 6.61 Å². The van der Waals surface area contributed by atoms with E-state index in [1.807, 2.05) is 24.3 Å². The van der Waals surface area contributed by atoms with Crippen molar-refractivity contribution in [2.75, 3.05) is 19.8 Å². The molecule has 1 amide bonds. The second-order valence-electron chi connectivity index (χ2n) is 4.60. The molecule has 0 spiro atoms. The van der Waals surface area contributed by atoms with Gasteiger partial charge in [0, 0.05) is 30.1 Å². The number of carbonyl (C=O) groups is 1. The molecule has 2 N–H and O–H groups in total. The average molecular weight is 326 g/mol.